The summed E-state index contributed by atoms with van der Waals surface area (Å²) in [6.07, 6.45) is 0. The number of nitrogens with zero attached hydrogens (tertiary/aromatic N) is 1. The fourth-order valence-corrected chi connectivity index (χ4v) is 13.3. The molecule has 0 saturated carbocycles. The van der Waals surface area contributed by atoms with Crippen molar-refractivity contribution in [1.82, 2.24) is 0 Å². The van der Waals surface area contributed by atoms with Gasteiger partial charge >= 0.3 is 0 Å². The molecule has 66 heavy (non-hydrogen) atoms. The fourth-order valence-electron chi connectivity index (χ4n) is 13.3. The minimum Gasteiger partial charge on any atom is -0.310 e. The molecule has 312 valence electrons. The van der Waals surface area contributed by atoms with Gasteiger partial charge in [0, 0.05) is 27.9 Å². The zero-order chi connectivity index (χ0) is 44.1. The number of benzene rings is 10. The van der Waals surface area contributed by atoms with Crippen LogP contribution in [-0.4, -0.2) is 0 Å². The number of fused-ring (bicyclic) bond motifs is 18. The van der Waals surface area contributed by atoms with E-state index in [4.69, 9.17) is 0 Å². The Kier molecular flexibility index (Phi) is 7.51. The molecule has 1 heteroatoms. The topological polar surface area (TPSA) is 3.24 Å². The van der Waals surface area contributed by atoms with Gasteiger partial charge in [-0.2, -0.15) is 0 Å². The second-order valence-electron chi connectivity index (χ2n) is 20.0. The Hall–Kier alpha value is -7.74. The van der Waals surface area contributed by atoms with E-state index in [1.165, 1.54) is 111 Å². The maximum atomic E-state index is 2.48. The number of rotatable bonds is 4. The van der Waals surface area contributed by atoms with Gasteiger partial charge in [-0.15, -0.1) is 0 Å². The van der Waals surface area contributed by atoms with Crippen molar-refractivity contribution in [2.24, 2.45) is 0 Å². The lowest BCUT2D eigenvalue weighted by Crippen LogP contribution is -2.25. The molecule has 0 fully saturated rings. The summed E-state index contributed by atoms with van der Waals surface area (Å²) in [5.74, 6) is 0. The summed E-state index contributed by atoms with van der Waals surface area (Å²) in [6, 6.07) is 80.3. The number of para-hydroxylation sites is 1. The van der Waals surface area contributed by atoms with Gasteiger partial charge in [0.1, 0.15) is 0 Å². The van der Waals surface area contributed by atoms with E-state index < -0.39 is 0 Å². The van der Waals surface area contributed by atoms with Crippen LogP contribution in [0.2, 0.25) is 0 Å². The van der Waals surface area contributed by atoms with Crippen molar-refractivity contribution in [3.8, 4) is 55.6 Å². The van der Waals surface area contributed by atoms with Crippen LogP contribution >= 0.6 is 0 Å². The first-order chi connectivity index (χ1) is 32.3. The van der Waals surface area contributed by atoms with Crippen LogP contribution in [0.25, 0.3) is 66.4 Å². The Balaban J connectivity index is 0.904. The van der Waals surface area contributed by atoms with Gasteiger partial charge in [0.15, 0.2) is 0 Å². The van der Waals surface area contributed by atoms with Crippen molar-refractivity contribution in [1.29, 1.82) is 0 Å². The molecule has 0 radical (unpaired) electrons. The van der Waals surface area contributed by atoms with E-state index in [0.717, 1.165) is 17.1 Å². The predicted octanol–water partition coefficient (Wildman–Crippen LogP) is 16.9. The zero-order valence-electron chi connectivity index (χ0n) is 37.7. The molecule has 0 N–H and O–H groups in total. The summed E-state index contributed by atoms with van der Waals surface area (Å²) in [5.41, 5.74) is 27.0. The Morgan fingerprint density at radius 2 is 0.803 bits per heavy atom. The molecule has 0 unspecified atom stereocenters. The van der Waals surface area contributed by atoms with Crippen molar-refractivity contribution in [2.75, 3.05) is 4.90 Å². The lowest BCUT2D eigenvalue weighted by atomic mass is 9.70. The van der Waals surface area contributed by atoms with Crippen molar-refractivity contribution in [3.63, 3.8) is 0 Å². The van der Waals surface area contributed by atoms with Gasteiger partial charge in [-0.25, -0.2) is 0 Å². The van der Waals surface area contributed by atoms with E-state index >= 15 is 0 Å². The highest BCUT2D eigenvalue weighted by molar-refractivity contribution is 6.01. The quantitative estimate of drug-likeness (QED) is 0.171. The fraction of sp³-hybridized carbons (Fsp3) is 0.108. The van der Waals surface area contributed by atoms with Gasteiger partial charge in [0.2, 0.25) is 0 Å². The minimum absolute atomic E-state index is 0.152. The van der Waals surface area contributed by atoms with Crippen LogP contribution in [0.3, 0.4) is 0 Å². The maximum absolute atomic E-state index is 2.48. The molecule has 0 atom stereocenters. The first kappa shape index (κ1) is 37.6. The molecule has 0 amide bonds. The molecule has 0 heterocycles. The zero-order valence-corrected chi connectivity index (χ0v) is 37.7. The Morgan fingerprint density at radius 1 is 0.288 bits per heavy atom. The standard InChI is InChI=1S/C65H47N/c1-63(2)55-35-30-41(46-24-16-25-51-52-33-29-40-17-8-9-20-45(40)61(52)64(3,4)62(46)51)37-53(55)50-34-31-44(39-60(50)63)66(42-18-6-5-7-19-42)43-32-36-59-54(38-43)49-23-12-15-28-58(49)65(59)56-26-13-10-21-47(56)48-22-11-14-27-57(48)65/h5-39H,1-4H3. The number of anilines is 3. The summed E-state index contributed by atoms with van der Waals surface area (Å²) in [5, 5.41) is 2.66. The van der Waals surface area contributed by atoms with Crippen molar-refractivity contribution in [2.45, 2.75) is 43.9 Å². The molecule has 10 aromatic rings. The monoisotopic (exact) mass is 841 g/mol. The van der Waals surface area contributed by atoms with Crippen LogP contribution in [0.5, 0.6) is 0 Å². The molecule has 4 aliphatic rings. The highest BCUT2D eigenvalue weighted by atomic mass is 15.1. The Bertz CT molecular complexity index is 3670. The third-order valence-corrected chi connectivity index (χ3v) is 16.0. The van der Waals surface area contributed by atoms with E-state index in [1.54, 1.807) is 0 Å². The molecule has 14 rings (SSSR count). The molecule has 1 spiro atoms. The molecule has 4 aliphatic carbocycles. The minimum atomic E-state index is -0.370. The van der Waals surface area contributed by atoms with Crippen LogP contribution in [-0.2, 0) is 16.2 Å². The smallest absolute Gasteiger partial charge is 0.0725 e. The molecule has 10 aromatic carbocycles. The second-order valence-corrected chi connectivity index (χ2v) is 20.0. The van der Waals surface area contributed by atoms with Crippen LogP contribution in [0.4, 0.5) is 17.1 Å². The van der Waals surface area contributed by atoms with Crippen molar-refractivity contribution < 1.29 is 0 Å². The highest BCUT2D eigenvalue weighted by Gasteiger charge is 2.51. The van der Waals surface area contributed by atoms with Gasteiger partial charge in [-0.1, -0.05) is 198 Å². The average Bonchev–Trinajstić information content (AvgIpc) is 3.99. The lowest BCUT2D eigenvalue weighted by Gasteiger charge is -2.31. The van der Waals surface area contributed by atoms with E-state index in [9.17, 15) is 0 Å². The second kappa shape index (κ2) is 13.2. The van der Waals surface area contributed by atoms with Crippen molar-refractivity contribution >= 4 is 27.8 Å². The summed E-state index contributed by atoms with van der Waals surface area (Å²) in [4.78, 5) is 2.46. The van der Waals surface area contributed by atoms with Gasteiger partial charge in [-0.05, 0) is 153 Å². The van der Waals surface area contributed by atoms with E-state index in [1.807, 2.05) is 0 Å². The molecule has 0 aromatic heterocycles. The van der Waals surface area contributed by atoms with Crippen LogP contribution < -0.4 is 4.90 Å². The van der Waals surface area contributed by atoms with Crippen LogP contribution in [0.15, 0.2) is 212 Å². The summed E-state index contributed by atoms with van der Waals surface area (Å²) < 4.78 is 0. The van der Waals surface area contributed by atoms with Gasteiger partial charge in [-0.3, -0.25) is 0 Å². The number of hydrogen-bond donors (Lipinski definition) is 0. The Labute approximate surface area is 387 Å². The Morgan fingerprint density at radius 3 is 1.55 bits per heavy atom. The van der Waals surface area contributed by atoms with E-state index in [-0.39, 0.29) is 16.2 Å². The highest BCUT2D eigenvalue weighted by Crippen LogP contribution is 2.63. The van der Waals surface area contributed by atoms with E-state index in [0.29, 0.717) is 0 Å². The molecular formula is C65H47N. The van der Waals surface area contributed by atoms with Gasteiger partial charge in [0.25, 0.3) is 0 Å². The SMILES string of the molecule is CC1(C)c2ccc(-c3cccc4c3C(C)(C)c3c-4ccc4ccccc34)cc2-c2ccc(N(c3ccccc3)c3ccc4c(c3)-c3ccccc3C43c4ccccc4-c4ccccc43)cc21. The molecule has 1 nitrogen and oxygen atoms in total. The first-order valence-corrected chi connectivity index (χ1v) is 23.5. The molecule has 0 saturated heterocycles. The third-order valence-electron chi connectivity index (χ3n) is 16.0. The normalized spacial score (nSPS) is 15.3. The molecular weight excluding hydrogens is 795 g/mol. The lowest BCUT2D eigenvalue weighted by molar-refractivity contribution is 0.660. The van der Waals surface area contributed by atoms with Crippen LogP contribution in [0, 0.1) is 0 Å². The first-order valence-electron chi connectivity index (χ1n) is 23.5. The maximum Gasteiger partial charge on any atom is 0.0725 e. The van der Waals surface area contributed by atoms with Gasteiger partial charge in [0.05, 0.1) is 5.41 Å². The summed E-state index contributed by atoms with van der Waals surface area (Å²) >= 11 is 0. The third kappa shape index (κ3) is 4.75. The summed E-state index contributed by atoms with van der Waals surface area (Å²) in [7, 11) is 0. The number of hydrogen-bond acceptors (Lipinski definition) is 1. The average molecular weight is 842 g/mol. The molecule has 0 bridgehead atoms. The van der Waals surface area contributed by atoms with Crippen LogP contribution in [0.1, 0.15) is 72.2 Å². The van der Waals surface area contributed by atoms with Crippen molar-refractivity contribution in [3.05, 3.63) is 257 Å². The molecule has 0 aliphatic heterocycles. The largest absolute Gasteiger partial charge is 0.310 e. The van der Waals surface area contributed by atoms with E-state index in [2.05, 4.69) is 245 Å². The predicted molar refractivity (Wildman–Crippen MR) is 275 cm³/mol. The van der Waals surface area contributed by atoms with Gasteiger partial charge < -0.3 is 4.90 Å². The summed E-state index contributed by atoms with van der Waals surface area (Å²) in [6.45, 7) is 9.65.